The average Bonchev–Trinajstić information content (AvgIpc) is 3.61. The molecule has 6 N–H and O–H groups in total. The Labute approximate surface area is 233 Å². The molecule has 5 aromatic rings. The van der Waals surface area contributed by atoms with Gasteiger partial charge in [-0.1, -0.05) is 24.3 Å². The van der Waals surface area contributed by atoms with Crippen molar-refractivity contribution < 1.29 is 22.3 Å². The molecule has 0 spiro atoms. The molecule has 0 saturated carbocycles. The predicted molar refractivity (Wildman–Crippen MR) is 155 cm³/mol. The number of urea groups is 1. The molecule has 0 bridgehead atoms. The van der Waals surface area contributed by atoms with Crippen LogP contribution in [0.1, 0.15) is 5.56 Å². The van der Waals surface area contributed by atoms with Crippen molar-refractivity contribution >= 4 is 55.5 Å². The minimum Gasteiger partial charge on any atom is -0.490 e. The molecule has 5 rings (SSSR count). The van der Waals surface area contributed by atoms with Crippen molar-refractivity contribution in [1.29, 1.82) is 0 Å². The summed E-state index contributed by atoms with van der Waals surface area (Å²) in [6.07, 6.45) is 0. The fraction of sp³-hybridized carbons (Fsp3) is 0.111. The Kier molecular flexibility index (Phi) is 7.69. The van der Waals surface area contributed by atoms with Crippen LogP contribution in [0.4, 0.5) is 26.4 Å². The number of rotatable bonds is 9. The lowest BCUT2D eigenvalue weighted by Crippen LogP contribution is -2.27. The van der Waals surface area contributed by atoms with Crippen LogP contribution in [0.5, 0.6) is 5.75 Å². The third-order valence-corrected chi connectivity index (χ3v) is 8.81. The number of nitrogens with zero attached hydrogens (tertiary/aromatic N) is 1. The summed E-state index contributed by atoms with van der Waals surface area (Å²) in [6, 6.07) is 17.7. The van der Waals surface area contributed by atoms with E-state index < -0.39 is 21.9 Å². The highest BCUT2D eigenvalue weighted by Crippen LogP contribution is 2.36. The van der Waals surface area contributed by atoms with E-state index in [1.807, 2.05) is 18.2 Å². The summed E-state index contributed by atoms with van der Waals surface area (Å²) in [4.78, 5) is 12.4. The van der Waals surface area contributed by atoms with Crippen molar-refractivity contribution in [2.75, 3.05) is 29.5 Å². The summed E-state index contributed by atoms with van der Waals surface area (Å²) in [5, 5.41) is 14.5. The van der Waals surface area contributed by atoms with E-state index in [4.69, 9.17) is 10.5 Å². The van der Waals surface area contributed by atoms with Gasteiger partial charge in [0, 0.05) is 12.2 Å². The number of nitrogen functional groups attached to an aromatic ring is 1. The predicted octanol–water partition coefficient (Wildman–Crippen LogP) is 5.32. The summed E-state index contributed by atoms with van der Waals surface area (Å²) in [5.74, 6) is 0.220. The lowest BCUT2D eigenvalue weighted by Gasteiger charge is -2.12. The van der Waals surface area contributed by atoms with Gasteiger partial charge in [0.1, 0.15) is 27.9 Å². The number of thiophene rings is 1. The number of carbonyl (C=O) groups excluding carboxylic acids is 1. The van der Waals surface area contributed by atoms with Gasteiger partial charge in [-0.25, -0.2) is 22.3 Å². The highest BCUT2D eigenvalue weighted by molar-refractivity contribution is 7.91. The van der Waals surface area contributed by atoms with E-state index in [1.54, 1.807) is 48.7 Å². The first-order valence-corrected chi connectivity index (χ1v) is 14.4. The molecule has 0 saturated heterocycles. The van der Waals surface area contributed by atoms with Gasteiger partial charge in [-0.15, -0.1) is 11.3 Å². The van der Waals surface area contributed by atoms with Gasteiger partial charge < -0.3 is 21.1 Å². The number of nitrogens with one attached hydrogen (secondary N) is 4. The molecule has 2 heterocycles. The molecule has 0 fully saturated rings. The second-order valence-electron chi connectivity index (χ2n) is 8.79. The monoisotopic (exact) mass is 580 g/mol. The third kappa shape index (κ3) is 5.91. The van der Waals surface area contributed by atoms with Crippen LogP contribution in [-0.4, -0.2) is 37.8 Å². The van der Waals surface area contributed by atoms with Gasteiger partial charge in [0.2, 0.25) is 10.0 Å². The number of benzene rings is 3. The number of H-pyrrole nitrogens is 1. The zero-order valence-electron chi connectivity index (χ0n) is 21.2. The minimum absolute atomic E-state index is 0.0751. The highest BCUT2D eigenvalue weighted by atomic mass is 32.2. The molecule has 2 amide bonds. The number of sulfonamides is 1. The summed E-state index contributed by atoms with van der Waals surface area (Å²) >= 11 is 1.14. The molecule has 206 valence electrons. The number of aromatic amines is 1. The van der Waals surface area contributed by atoms with Crippen LogP contribution >= 0.6 is 11.3 Å². The maximum Gasteiger partial charge on any atom is 0.323 e. The number of carbonyl (C=O) groups is 1. The maximum absolute atomic E-state index is 14.0. The standard InChI is InChI=1S/C27H25FN6O4S2/c1-16-4-10-20(28)21(15-16)32-27(35)31-18-7-5-17(6-8-18)19-9-11-22(25-24(19)26(29)34-33-25)38-13-12-30-40(36,37)23-3-2-14-39-23/h2-11,14-15,30H,12-13H2,1H3,(H3,29,33,34)(H2,31,32,35). The van der Waals surface area contributed by atoms with Crippen LogP contribution in [-0.2, 0) is 10.0 Å². The van der Waals surface area contributed by atoms with E-state index in [9.17, 15) is 17.6 Å². The number of hydrogen-bond donors (Lipinski definition) is 5. The molecule has 40 heavy (non-hydrogen) atoms. The molecular formula is C27H25FN6O4S2. The van der Waals surface area contributed by atoms with Crippen LogP contribution in [0.2, 0.25) is 0 Å². The van der Waals surface area contributed by atoms with Crippen LogP contribution < -0.4 is 25.8 Å². The first kappa shape index (κ1) is 27.1. The normalized spacial score (nSPS) is 11.4. The number of ether oxygens (including phenoxy) is 1. The van der Waals surface area contributed by atoms with Crippen molar-refractivity contribution in [2.45, 2.75) is 11.1 Å². The SMILES string of the molecule is Cc1ccc(F)c(NC(=O)Nc2ccc(-c3ccc(OCCNS(=O)(=O)c4cccs4)c4[nH]nc(N)c34)cc2)c1. The Balaban J connectivity index is 1.26. The largest absolute Gasteiger partial charge is 0.490 e. The number of fused-ring (bicyclic) bond motifs is 1. The number of nitrogens with two attached hydrogens (primary N) is 1. The third-order valence-electron chi connectivity index (χ3n) is 5.95. The number of amides is 2. The van der Waals surface area contributed by atoms with E-state index in [0.29, 0.717) is 22.3 Å². The fourth-order valence-corrected chi connectivity index (χ4v) is 6.12. The van der Waals surface area contributed by atoms with E-state index in [0.717, 1.165) is 28.0 Å². The minimum atomic E-state index is -3.58. The number of aromatic nitrogens is 2. The molecule has 10 nitrogen and oxygen atoms in total. The summed E-state index contributed by atoms with van der Waals surface area (Å²) in [5.41, 5.74) is 9.74. The Morgan fingerprint density at radius 3 is 2.65 bits per heavy atom. The van der Waals surface area contributed by atoms with Crippen LogP contribution in [0.15, 0.2) is 76.3 Å². The van der Waals surface area contributed by atoms with Crippen molar-refractivity contribution in [3.05, 3.63) is 83.5 Å². The van der Waals surface area contributed by atoms with Crippen molar-refractivity contribution in [2.24, 2.45) is 0 Å². The maximum atomic E-state index is 14.0. The van der Waals surface area contributed by atoms with Gasteiger partial charge in [-0.2, -0.15) is 5.10 Å². The van der Waals surface area contributed by atoms with E-state index in [2.05, 4.69) is 25.6 Å². The Morgan fingerprint density at radius 2 is 1.90 bits per heavy atom. The molecular weight excluding hydrogens is 555 g/mol. The molecule has 0 atom stereocenters. The number of halogens is 1. The Morgan fingerprint density at radius 1 is 1.10 bits per heavy atom. The molecule has 0 aliphatic rings. The second-order valence-corrected chi connectivity index (χ2v) is 11.7. The Bertz CT molecular complexity index is 1770. The number of anilines is 3. The topological polar surface area (TPSA) is 151 Å². The molecule has 0 unspecified atom stereocenters. The van der Waals surface area contributed by atoms with Crippen LogP contribution in [0, 0.1) is 12.7 Å². The lowest BCUT2D eigenvalue weighted by atomic mass is 10.0. The van der Waals surface area contributed by atoms with Crippen LogP contribution in [0.3, 0.4) is 0 Å². The zero-order valence-corrected chi connectivity index (χ0v) is 22.8. The van der Waals surface area contributed by atoms with Gasteiger partial charge in [0.15, 0.2) is 5.82 Å². The van der Waals surface area contributed by atoms with E-state index in [1.165, 1.54) is 12.1 Å². The summed E-state index contributed by atoms with van der Waals surface area (Å²) in [6.45, 7) is 1.97. The van der Waals surface area contributed by atoms with Crippen molar-refractivity contribution in [3.63, 3.8) is 0 Å². The van der Waals surface area contributed by atoms with Gasteiger partial charge in [0.25, 0.3) is 0 Å². The van der Waals surface area contributed by atoms with E-state index >= 15 is 0 Å². The number of aryl methyl sites for hydroxylation is 1. The second kappa shape index (κ2) is 11.3. The first-order chi connectivity index (χ1) is 19.2. The van der Waals surface area contributed by atoms with Gasteiger partial charge in [0.05, 0.1) is 11.1 Å². The molecule has 0 aliphatic carbocycles. The van der Waals surface area contributed by atoms with Crippen molar-refractivity contribution in [3.8, 4) is 16.9 Å². The van der Waals surface area contributed by atoms with Crippen LogP contribution in [0.25, 0.3) is 22.0 Å². The first-order valence-electron chi connectivity index (χ1n) is 12.1. The quantitative estimate of drug-likeness (QED) is 0.149. The Hall–Kier alpha value is -4.46. The van der Waals surface area contributed by atoms with Gasteiger partial charge in [-0.05, 0) is 71.5 Å². The van der Waals surface area contributed by atoms with E-state index in [-0.39, 0.29) is 28.9 Å². The molecule has 2 aromatic heterocycles. The van der Waals surface area contributed by atoms with Gasteiger partial charge in [-0.3, -0.25) is 5.10 Å². The fourth-order valence-electron chi connectivity index (χ4n) is 4.07. The smallest absolute Gasteiger partial charge is 0.323 e. The number of hydrogen-bond acceptors (Lipinski definition) is 7. The summed E-state index contributed by atoms with van der Waals surface area (Å²) < 4.78 is 47.1. The van der Waals surface area contributed by atoms with Gasteiger partial charge >= 0.3 is 6.03 Å². The highest BCUT2D eigenvalue weighted by Gasteiger charge is 2.17. The molecule has 3 aromatic carbocycles. The lowest BCUT2D eigenvalue weighted by molar-refractivity contribution is 0.262. The zero-order chi connectivity index (χ0) is 28.3. The average molecular weight is 581 g/mol. The molecule has 0 aliphatic heterocycles. The van der Waals surface area contributed by atoms with Crippen molar-refractivity contribution in [1.82, 2.24) is 14.9 Å². The molecule has 13 heteroatoms. The molecule has 0 radical (unpaired) electrons. The summed E-state index contributed by atoms with van der Waals surface area (Å²) in [7, 11) is -3.58.